The Bertz CT molecular complexity index is 413. The summed E-state index contributed by atoms with van der Waals surface area (Å²) in [7, 11) is 1.78. The molecule has 1 fully saturated rings. The molecule has 0 aliphatic carbocycles. The van der Waals surface area contributed by atoms with Crippen LogP contribution in [0.15, 0.2) is 6.33 Å². The minimum atomic E-state index is 0.261. The molecule has 0 radical (unpaired) electrons. The fourth-order valence-corrected chi connectivity index (χ4v) is 2.75. The van der Waals surface area contributed by atoms with E-state index in [9.17, 15) is 0 Å². The Labute approximate surface area is 113 Å². The van der Waals surface area contributed by atoms with Crippen molar-refractivity contribution in [1.82, 2.24) is 9.97 Å². The maximum absolute atomic E-state index is 6.14. The molecule has 2 atom stereocenters. The van der Waals surface area contributed by atoms with E-state index in [0.29, 0.717) is 11.1 Å². The van der Waals surface area contributed by atoms with Crippen LogP contribution in [0.4, 0.5) is 5.82 Å². The van der Waals surface area contributed by atoms with Crippen molar-refractivity contribution in [1.29, 1.82) is 0 Å². The SMILES string of the molecule is CCc1c(Cl)ncnc1N1CCC(C)C(OC)C1. The van der Waals surface area contributed by atoms with Gasteiger partial charge in [0.05, 0.1) is 6.10 Å². The summed E-state index contributed by atoms with van der Waals surface area (Å²) in [6.07, 6.45) is 3.76. The van der Waals surface area contributed by atoms with Crippen LogP contribution < -0.4 is 4.90 Å². The lowest BCUT2D eigenvalue weighted by molar-refractivity contribution is 0.0496. The first-order valence-corrected chi connectivity index (χ1v) is 6.82. The Hall–Kier alpha value is -0.870. The van der Waals surface area contributed by atoms with Crippen molar-refractivity contribution in [3.8, 4) is 0 Å². The molecule has 0 bridgehead atoms. The zero-order valence-corrected chi connectivity index (χ0v) is 11.9. The minimum Gasteiger partial charge on any atom is -0.379 e. The molecule has 1 aliphatic heterocycles. The lowest BCUT2D eigenvalue weighted by atomic mass is 9.95. The molecule has 0 spiro atoms. The van der Waals surface area contributed by atoms with Crippen molar-refractivity contribution in [2.45, 2.75) is 32.8 Å². The van der Waals surface area contributed by atoms with Crippen LogP contribution in [-0.4, -0.2) is 36.3 Å². The number of methoxy groups -OCH3 is 1. The van der Waals surface area contributed by atoms with E-state index in [0.717, 1.165) is 37.3 Å². The minimum absolute atomic E-state index is 0.261. The lowest BCUT2D eigenvalue weighted by Crippen LogP contribution is -2.44. The summed E-state index contributed by atoms with van der Waals surface area (Å²) in [5, 5.41) is 0.565. The standard InChI is InChI=1S/C13H20ClN3O/c1-4-10-12(14)15-8-16-13(10)17-6-5-9(2)11(7-17)18-3/h8-9,11H,4-7H2,1-3H3. The van der Waals surface area contributed by atoms with Gasteiger partial charge in [-0.15, -0.1) is 0 Å². The molecule has 1 aromatic heterocycles. The molecule has 18 heavy (non-hydrogen) atoms. The average molecular weight is 270 g/mol. The number of anilines is 1. The molecule has 0 saturated carbocycles. The summed E-state index contributed by atoms with van der Waals surface area (Å²) in [4.78, 5) is 10.7. The first-order chi connectivity index (χ1) is 8.67. The fraction of sp³-hybridized carbons (Fsp3) is 0.692. The van der Waals surface area contributed by atoms with Crippen molar-refractivity contribution in [2.75, 3.05) is 25.1 Å². The number of hydrogen-bond donors (Lipinski definition) is 0. The maximum atomic E-state index is 6.14. The van der Waals surface area contributed by atoms with Crippen molar-refractivity contribution in [3.05, 3.63) is 17.0 Å². The normalized spacial score (nSPS) is 24.3. The van der Waals surface area contributed by atoms with Gasteiger partial charge in [0, 0.05) is 25.8 Å². The van der Waals surface area contributed by atoms with Crippen LogP contribution in [0.5, 0.6) is 0 Å². The quantitative estimate of drug-likeness (QED) is 0.791. The Balaban J connectivity index is 2.24. The van der Waals surface area contributed by atoms with Crippen LogP contribution in [0.3, 0.4) is 0 Å². The van der Waals surface area contributed by atoms with Crippen molar-refractivity contribution >= 4 is 17.4 Å². The van der Waals surface area contributed by atoms with E-state index in [2.05, 4.69) is 28.7 Å². The highest BCUT2D eigenvalue weighted by molar-refractivity contribution is 6.30. The Morgan fingerprint density at radius 3 is 2.94 bits per heavy atom. The fourth-order valence-electron chi connectivity index (χ4n) is 2.49. The van der Waals surface area contributed by atoms with Crippen molar-refractivity contribution < 1.29 is 4.74 Å². The summed E-state index contributed by atoms with van der Waals surface area (Å²) in [6, 6.07) is 0. The predicted octanol–water partition coefficient (Wildman–Crippen LogP) is 2.55. The van der Waals surface area contributed by atoms with Gasteiger partial charge in [-0.1, -0.05) is 25.4 Å². The van der Waals surface area contributed by atoms with Gasteiger partial charge in [0.2, 0.25) is 0 Å². The van der Waals surface area contributed by atoms with Gasteiger partial charge in [0.1, 0.15) is 17.3 Å². The zero-order chi connectivity index (χ0) is 13.1. The van der Waals surface area contributed by atoms with Crippen LogP contribution in [0.25, 0.3) is 0 Å². The van der Waals surface area contributed by atoms with E-state index in [-0.39, 0.29) is 6.10 Å². The van der Waals surface area contributed by atoms with Gasteiger partial charge in [-0.05, 0) is 18.8 Å². The molecule has 2 rings (SSSR count). The molecule has 1 aliphatic rings. The Kier molecular flexibility index (Phi) is 4.40. The number of hydrogen-bond acceptors (Lipinski definition) is 4. The van der Waals surface area contributed by atoms with Crippen molar-refractivity contribution in [2.24, 2.45) is 5.92 Å². The van der Waals surface area contributed by atoms with Gasteiger partial charge in [0.15, 0.2) is 0 Å². The first kappa shape index (κ1) is 13.6. The number of halogens is 1. The van der Waals surface area contributed by atoms with Gasteiger partial charge in [-0.25, -0.2) is 9.97 Å². The van der Waals surface area contributed by atoms with Gasteiger partial charge >= 0.3 is 0 Å². The highest BCUT2D eigenvalue weighted by atomic mass is 35.5. The molecule has 0 amide bonds. The van der Waals surface area contributed by atoms with E-state index in [1.54, 1.807) is 7.11 Å². The molecule has 0 aromatic carbocycles. The molecule has 100 valence electrons. The number of ether oxygens (including phenoxy) is 1. The molecule has 1 aromatic rings. The third-order valence-electron chi connectivity index (χ3n) is 3.72. The molecular weight excluding hydrogens is 250 g/mol. The third kappa shape index (κ3) is 2.59. The van der Waals surface area contributed by atoms with Gasteiger partial charge in [0.25, 0.3) is 0 Å². The molecular formula is C13H20ClN3O. The monoisotopic (exact) mass is 269 g/mol. The topological polar surface area (TPSA) is 38.2 Å². The molecule has 5 heteroatoms. The lowest BCUT2D eigenvalue weighted by Gasteiger charge is -2.37. The molecule has 1 saturated heterocycles. The summed E-state index contributed by atoms with van der Waals surface area (Å²) in [5.74, 6) is 1.56. The second-order valence-electron chi connectivity index (χ2n) is 4.81. The van der Waals surface area contributed by atoms with Crippen LogP contribution in [0.2, 0.25) is 5.15 Å². The smallest absolute Gasteiger partial charge is 0.137 e. The maximum Gasteiger partial charge on any atom is 0.137 e. The van der Waals surface area contributed by atoms with Crippen LogP contribution in [-0.2, 0) is 11.2 Å². The highest BCUT2D eigenvalue weighted by Gasteiger charge is 2.28. The van der Waals surface area contributed by atoms with Crippen LogP contribution >= 0.6 is 11.6 Å². The Morgan fingerprint density at radius 2 is 2.28 bits per heavy atom. The van der Waals surface area contributed by atoms with Gasteiger partial charge < -0.3 is 9.64 Å². The molecule has 0 N–H and O–H groups in total. The number of aromatic nitrogens is 2. The van der Waals surface area contributed by atoms with Crippen LogP contribution in [0.1, 0.15) is 25.8 Å². The van der Waals surface area contributed by atoms with E-state index in [1.807, 2.05) is 0 Å². The van der Waals surface area contributed by atoms with Gasteiger partial charge in [-0.2, -0.15) is 0 Å². The van der Waals surface area contributed by atoms with E-state index in [4.69, 9.17) is 16.3 Å². The average Bonchev–Trinajstić information content (AvgIpc) is 2.39. The molecule has 2 heterocycles. The summed E-state index contributed by atoms with van der Waals surface area (Å²) in [6.45, 7) is 6.19. The number of piperidine rings is 1. The predicted molar refractivity (Wildman–Crippen MR) is 73.2 cm³/mol. The molecule has 2 unspecified atom stereocenters. The second-order valence-corrected chi connectivity index (χ2v) is 5.16. The van der Waals surface area contributed by atoms with E-state index < -0.39 is 0 Å². The zero-order valence-electron chi connectivity index (χ0n) is 11.2. The summed E-state index contributed by atoms with van der Waals surface area (Å²) < 4.78 is 5.54. The van der Waals surface area contributed by atoms with Gasteiger partial charge in [-0.3, -0.25) is 0 Å². The Morgan fingerprint density at radius 1 is 1.50 bits per heavy atom. The summed E-state index contributed by atoms with van der Waals surface area (Å²) in [5.41, 5.74) is 1.03. The van der Waals surface area contributed by atoms with Crippen LogP contribution in [0, 0.1) is 5.92 Å². The number of rotatable bonds is 3. The highest BCUT2D eigenvalue weighted by Crippen LogP contribution is 2.28. The second kappa shape index (κ2) is 5.85. The largest absolute Gasteiger partial charge is 0.379 e. The third-order valence-corrected chi connectivity index (χ3v) is 4.04. The van der Waals surface area contributed by atoms with Crippen molar-refractivity contribution in [3.63, 3.8) is 0 Å². The first-order valence-electron chi connectivity index (χ1n) is 6.44. The summed E-state index contributed by atoms with van der Waals surface area (Å²) >= 11 is 6.14. The number of nitrogens with zero attached hydrogens (tertiary/aromatic N) is 3. The molecule has 4 nitrogen and oxygen atoms in total. The van der Waals surface area contributed by atoms with E-state index >= 15 is 0 Å². The van der Waals surface area contributed by atoms with E-state index in [1.165, 1.54) is 6.33 Å².